The first-order chi connectivity index (χ1) is 16.3. The molecule has 1 aromatic heterocycles. The molecule has 8 heteroatoms. The molecule has 4 rings (SSSR count). The van der Waals surface area contributed by atoms with Gasteiger partial charge in [0.2, 0.25) is 5.91 Å². The zero-order valence-corrected chi connectivity index (χ0v) is 21.2. The molecule has 3 aromatic rings. The third-order valence-corrected chi connectivity index (χ3v) is 7.27. The van der Waals surface area contributed by atoms with Crippen LogP contribution in [0.4, 0.5) is 5.69 Å². The normalized spacial score (nSPS) is 18.2. The van der Waals surface area contributed by atoms with Crippen molar-refractivity contribution in [3.05, 3.63) is 52.5 Å². The van der Waals surface area contributed by atoms with Crippen molar-refractivity contribution in [2.75, 3.05) is 44.6 Å². The third-order valence-electron chi connectivity index (χ3n) is 6.32. The van der Waals surface area contributed by atoms with E-state index in [0.29, 0.717) is 13.1 Å². The molecule has 2 atom stereocenters. The van der Waals surface area contributed by atoms with Crippen molar-refractivity contribution in [3.63, 3.8) is 0 Å². The Morgan fingerprint density at radius 3 is 2.74 bits per heavy atom. The van der Waals surface area contributed by atoms with Crippen molar-refractivity contribution in [1.82, 2.24) is 14.8 Å². The zero-order chi connectivity index (χ0) is 24.2. The van der Waals surface area contributed by atoms with E-state index in [1.807, 2.05) is 57.2 Å². The van der Waals surface area contributed by atoms with Gasteiger partial charge >= 0.3 is 0 Å². The van der Waals surface area contributed by atoms with Crippen LogP contribution in [-0.4, -0.2) is 77.3 Å². The smallest absolute Gasteiger partial charge is 0.238 e. The van der Waals surface area contributed by atoms with Crippen molar-refractivity contribution in [2.24, 2.45) is 0 Å². The number of β-amino-alcohol motifs (C(OH)–C–C–N with tert-alkyl or cyclic N) is 1. The van der Waals surface area contributed by atoms with Crippen LogP contribution in [0.2, 0.25) is 0 Å². The van der Waals surface area contributed by atoms with Gasteiger partial charge in [0.1, 0.15) is 18.5 Å². The summed E-state index contributed by atoms with van der Waals surface area (Å²) in [5.41, 5.74) is 3.99. The number of carbonyl (C=O) groups excluding carboxylic acids is 1. The molecule has 1 aliphatic heterocycles. The van der Waals surface area contributed by atoms with Gasteiger partial charge in [-0.05, 0) is 51.0 Å². The minimum Gasteiger partial charge on any atom is -0.491 e. The molecular formula is C26H34N4O3S. The molecule has 1 aliphatic rings. The highest BCUT2D eigenvalue weighted by molar-refractivity contribution is 7.18. The Hall–Kier alpha value is -2.52. The van der Waals surface area contributed by atoms with Crippen molar-refractivity contribution in [2.45, 2.75) is 39.8 Å². The molecule has 0 saturated carbocycles. The lowest BCUT2D eigenvalue weighted by molar-refractivity contribution is -0.118. The van der Waals surface area contributed by atoms with Crippen LogP contribution in [0.1, 0.15) is 23.1 Å². The number of aromatic nitrogens is 1. The number of aryl methyl sites for hydroxylation is 3. The molecule has 1 saturated heterocycles. The summed E-state index contributed by atoms with van der Waals surface area (Å²) in [6.07, 6.45) is -0.589. The van der Waals surface area contributed by atoms with E-state index in [1.54, 1.807) is 11.3 Å². The zero-order valence-electron chi connectivity index (χ0n) is 20.4. The van der Waals surface area contributed by atoms with Gasteiger partial charge in [-0.15, -0.1) is 11.3 Å². The van der Waals surface area contributed by atoms with E-state index in [4.69, 9.17) is 4.74 Å². The molecule has 2 heterocycles. The maximum atomic E-state index is 12.6. The van der Waals surface area contributed by atoms with Crippen LogP contribution in [-0.2, 0) is 4.79 Å². The van der Waals surface area contributed by atoms with Crippen molar-refractivity contribution in [1.29, 1.82) is 0 Å². The number of hydrogen-bond donors (Lipinski definition) is 2. The standard InChI is InChI=1S/C26H34N4O3S/c1-17-6-5-7-18(2)26(17)28-25(32)15-29-10-11-30(19(3)13-29)14-21(31)16-33-22-8-9-24-23(12-22)27-20(4)34-24/h5-9,12,19,21,31H,10-11,13-16H2,1-4H3,(H,28,32)/t19-,21-/m1/s1. The summed E-state index contributed by atoms with van der Waals surface area (Å²) < 4.78 is 6.97. The molecule has 182 valence electrons. The van der Waals surface area contributed by atoms with Crippen LogP contribution in [0, 0.1) is 20.8 Å². The summed E-state index contributed by atoms with van der Waals surface area (Å²) in [5, 5.41) is 14.7. The van der Waals surface area contributed by atoms with Crippen molar-refractivity contribution in [3.8, 4) is 5.75 Å². The van der Waals surface area contributed by atoms with E-state index in [9.17, 15) is 9.90 Å². The molecule has 7 nitrogen and oxygen atoms in total. The number of aliphatic hydroxyl groups is 1. The Kier molecular flexibility index (Phi) is 7.83. The van der Waals surface area contributed by atoms with Crippen LogP contribution < -0.4 is 10.1 Å². The van der Waals surface area contributed by atoms with Gasteiger partial charge in [0.25, 0.3) is 0 Å². The summed E-state index contributed by atoms with van der Waals surface area (Å²) >= 11 is 1.66. The number of aliphatic hydroxyl groups excluding tert-OH is 1. The van der Waals surface area contributed by atoms with Gasteiger partial charge < -0.3 is 15.2 Å². The second kappa shape index (κ2) is 10.8. The number of rotatable bonds is 8. The molecule has 0 radical (unpaired) electrons. The summed E-state index contributed by atoms with van der Waals surface area (Å²) in [6, 6.07) is 12.1. The monoisotopic (exact) mass is 482 g/mol. The van der Waals surface area contributed by atoms with Gasteiger partial charge in [-0.3, -0.25) is 14.6 Å². The highest BCUT2D eigenvalue weighted by atomic mass is 32.1. The van der Waals surface area contributed by atoms with Crippen LogP contribution in [0.3, 0.4) is 0 Å². The van der Waals surface area contributed by atoms with Gasteiger partial charge in [0, 0.05) is 44.0 Å². The molecule has 0 aliphatic carbocycles. The quantitative estimate of drug-likeness (QED) is 0.511. The number of thiazole rings is 1. The van der Waals surface area contributed by atoms with Crippen molar-refractivity contribution >= 4 is 33.1 Å². The maximum absolute atomic E-state index is 12.6. The number of nitrogens with one attached hydrogen (secondary N) is 1. The number of hydrogen-bond acceptors (Lipinski definition) is 7. The van der Waals surface area contributed by atoms with Crippen molar-refractivity contribution < 1.29 is 14.6 Å². The van der Waals surface area contributed by atoms with Gasteiger partial charge in [0.05, 0.1) is 21.8 Å². The van der Waals surface area contributed by atoms with Gasteiger partial charge in [-0.2, -0.15) is 0 Å². The number of anilines is 1. The summed E-state index contributed by atoms with van der Waals surface area (Å²) in [5.74, 6) is 0.739. The Morgan fingerprint density at radius 2 is 2.00 bits per heavy atom. The largest absolute Gasteiger partial charge is 0.491 e. The number of benzene rings is 2. The van der Waals surface area contributed by atoms with E-state index in [-0.39, 0.29) is 18.6 Å². The number of para-hydroxylation sites is 1. The molecule has 0 bridgehead atoms. The molecule has 1 fully saturated rings. The van der Waals surface area contributed by atoms with Crippen LogP contribution in [0.25, 0.3) is 10.2 Å². The second-order valence-corrected chi connectivity index (χ2v) is 10.5. The van der Waals surface area contributed by atoms with Crippen LogP contribution in [0.15, 0.2) is 36.4 Å². The first-order valence-electron chi connectivity index (χ1n) is 11.8. The lowest BCUT2D eigenvalue weighted by Crippen LogP contribution is -2.55. The fourth-order valence-corrected chi connectivity index (χ4v) is 5.31. The number of carbonyl (C=O) groups is 1. The van der Waals surface area contributed by atoms with Gasteiger partial charge in [0.15, 0.2) is 0 Å². The number of nitrogens with zero attached hydrogens (tertiary/aromatic N) is 3. The first-order valence-corrected chi connectivity index (χ1v) is 12.6. The highest BCUT2D eigenvalue weighted by Gasteiger charge is 2.26. The molecule has 1 amide bonds. The number of ether oxygens (including phenoxy) is 1. The van der Waals surface area contributed by atoms with Gasteiger partial charge in [-0.25, -0.2) is 4.98 Å². The van der Waals surface area contributed by atoms with Crippen LogP contribution in [0.5, 0.6) is 5.75 Å². The number of fused-ring (bicyclic) bond motifs is 1. The Balaban J connectivity index is 1.22. The SMILES string of the molecule is Cc1nc2cc(OC[C@H](O)CN3CCN(CC(=O)Nc4c(C)cccc4C)C[C@H]3C)ccc2s1. The number of piperazine rings is 1. The minimum absolute atomic E-state index is 0.0127. The minimum atomic E-state index is -0.589. The van der Waals surface area contributed by atoms with Gasteiger partial charge in [-0.1, -0.05) is 18.2 Å². The molecule has 0 unspecified atom stereocenters. The van der Waals surface area contributed by atoms with E-state index < -0.39 is 6.10 Å². The van der Waals surface area contributed by atoms with Crippen LogP contribution >= 0.6 is 11.3 Å². The molecule has 0 spiro atoms. The number of amides is 1. The summed E-state index contributed by atoms with van der Waals surface area (Å²) in [6.45, 7) is 11.7. The average Bonchev–Trinajstić information content (AvgIpc) is 3.16. The lowest BCUT2D eigenvalue weighted by Gasteiger charge is -2.40. The predicted octanol–water partition coefficient (Wildman–Crippen LogP) is 3.61. The van der Waals surface area contributed by atoms with E-state index in [1.165, 1.54) is 0 Å². The Labute approximate surface area is 205 Å². The Bertz CT molecular complexity index is 1130. The topological polar surface area (TPSA) is 77.9 Å². The fourth-order valence-electron chi connectivity index (χ4n) is 4.51. The molecule has 2 aromatic carbocycles. The fraction of sp³-hybridized carbons (Fsp3) is 0.462. The van der Waals surface area contributed by atoms with E-state index in [2.05, 4.69) is 27.0 Å². The van der Waals surface area contributed by atoms with E-state index >= 15 is 0 Å². The highest BCUT2D eigenvalue weighted by Crippen LogP contribution is 2.25. The predicted molar refractivity (Wildman–Crippen MR) is 138 cm³/mol. The van der Waals surface area contributed by atoms with E-state index in [0.717, 1.165) is 57.4 Å². The summed E-state index contributed by atoms with van der Waals surface area (Å²) in [4.78, 5) is 21.6. The molecule has 2 N–H and O–H groups in total. The third kappa shape index (κ3) is 6.13. The maximum Gasteiger partial charge on any atom is 0.238 e. The second-order valence-electron chi connectivity index (χ2n) is 9.22. The first kappa shape index (κ1) is 24.6. The lowest BCUT2D eigenvalue weighted by atomic mass is 10.1. The molecular weight excluding hydrogens is 448 g/mol. The molecule has 34 heavy (non-hydrogen) atoms. The summed E-state index contributed by atoms with van der Waals surface area (Å²) in [7, 11) is 0. The average molecular weight is 483 g/mol. The Morgan fingerprint density at radius 1 is 1.24 bits per heavy atom.